The second kappa shape index (κ2) is 90.7. The van der Waals surface area contributed by atoms with Crippen molar-refractivity contribution in [2.45, 2.75) is 343 Å². The molecule has 4 nitrogen and oxygen atoms in total. The molecule has 0 bridgehead atoms. The van der Waals surface area contributed by atoms with E-state index in [2.05, 4.69) is 230 Å². The van der Waals surface area contributed by atoms with Crippen molar-refractivity contribution in [2.75, 3.05) is 52.9 Å². The molecule has 0 aromatic rings. The molecule has 0 amide bonds. The molecular weight excluding hydrogens is 1460 g/mol. The van der Waals surface area contributed by atoms with Crippen molar-refractivity contribution in [3.05, 3.63) is 245 Å². The summed E-state index contributed by atoms with van der Waals surface area (Å²) < 4.78 is 40.2. The average molecular weight is 1640 g/mol. The molecule has 7 heteroatoms. The van der Waals surface area contributed by atoms with Crippen molar-refractivity contribution >= 4 is 0 Å². The van der Waals surface area contributed by atoms with Crippen molar-refractivity contribution in [2.24, 2.45) is 0 Å². The number of rotatable bonds is 80. The molecule has 0 atom stereocenters. The topological polar surface area (TPSA) is 36.9 Å². The number of allylic oxidation sites excluding steroid dienone is 28. The molecule has 111 heavy (non-hydrogen) atoms. The van der Waals surface area contributed by atoms with E-state index in [1.165, 1.54) is 166 Å². The molecule has 0 aromatic heterocycles. The van der Waals surface area contributed by atoms with Crippen LogP contribution in [-0.2, 0) is 68.7 Å². The molecule has 0 spiro atoms. The van der Waals surface area contributed by atoms with Crippen LogP contribution in [0.25, 0.3) is 0 Å². The van der Waals surface area contributed by atoms with Crippen LogP contribution in [0.15, 0.2) is 245 Å². The number of hydrogen-bond acceptors (Lipinski definition) is 4. The number of ether oxygens (including phenoxy) is 4. The van der Waals surface area contributed by atoms with Crippen LogP contribution >= 0.6 is 0 Å². The molecule has 0 fully saturated rings. The zero-order valence-electron chi connectivity index (χ0n) is 74.6. The molecule has 0 radical (unpaired) electrons. The van der Waals surface area contributed by atoms with Gasteiger partial charge in [0.15, 0.2) is 0 Å². The molecule has 0 saturated heterocycles. The van der Waals surface area contributed by atoms with E-state index in [1.807, 2.05) is 48.6 Å². The summed E-state index contributed by atoms with van der Waals surface area (Å²) >= 11 is -6.80. The molecule has 0 aromatic carbocycles. The van der Waals surface area contributed by atoms with Gasteiger partial charge in [-0.2, -0.15) is 0 Å². The molecule has 0 rings (SSSR count). The average Bonchev–Trinajstić information content (AvgIpc) is 0.821. The van der Waals surface area contributed by atoms with Gasteiger partial charge >= 0.3 is 710 Å². The number of hydrogen-bond donors (Lipinski definition) is 0. The van der Waals surface area contributed by atoms with Gasteiger partial charge in [0.05, 0.1) is 0 Å². The third kappa shape index (κ3) is 75.3. The fraction of sp³-hybridized carbons (Fsp3) is 0.615. The van der Waals surface area contributed by atoms with Crippen LogP contribution in [0.2, 0.25) is 56.7 Å². The van der Waals surface area contributed by atoms with E-state index in [1.54, 1.807) is 22.3 Å². The van der Waals surface area contributed by atoms with Crippen molar-refractivity contribution < 1.29 is 68.7 Å². The Hall–Kier alpha value is -3.22. The van der Waals surface area contributed by atoms with E-state index in [9.17, 15) is 0 Å². The molecule has 0 aliphatic rings. The maximum atomic E-state index is 6.13. The fourth-order valence-corrected chi connectivity index (χ4v) is 35.0. The van der Waals surface area contributed by atoms with E-state index >= 15 is 0 Å². The summed E-state index contributed by atoms with van der Waals surface area (Å²) in [5, 5.41) is 0. The molecule has 0 N–H and O–H groups in total. The minimum atomic E-state index is -2.41. The second-order valence-electron chi connectivity index (χ2n) is 30.9. The molecule has 638 valence electrons. The Morgan fingerprint density at radius 1 is 0.216 bits per heavy atom. The first-order valence-electron chi connectivity index (χ1n) is 45.6. The normalized spacial score (nSPS) is 15.1. The quantitative estimate of drug-likeness (QED) is 0.0345. The SMILES string of the molecule is C=CCCCC=CCOC[CH2][Ti-2]([CH2]COCC=CCCCC=C)([CH2]COCC=CCCCC=C)[CH2]COCC=CCCCC=C.C=CCCCC=C[CH2][Ti-2]([CH2]C=CCCCC=C)([CH2]C=CCCCC=C)[CH2]C=CCCCC=C.CCCC=C(CC)[CH2][Ti-2]([CH2]C(=CCCC)CC)([CH2]C(=CCCC)CC)[CH2]C(=CCCC)CC. The zero-order valence-corrected chi connectivity index (χ0v) is 79.2. The van der Waals surface area contributed by atoms with Gasteiger partial charge in [0, 0.05) is 0 Å². The van der Waals surface area contributed by atoms with Crippen molar-refractivity contribution in [3.63, 3.8) is 0 Å². The third-order valence-electron chi connectivity index (χ3n) is 20.8. The Morgan fingerprint density at radius 3 is 0.577 bits per heavy atom. The van der Waals surface area contributed by atoms with E-state index in [4.69, 9.17) is 18.9 Å². The van der Waals surface area contributed by atoms with Crippen LogP contribution in [0.4, 0.5) is 0 Å². The predicted molar refractivity (Wildman–Crippen MR) is 500 cm³/mol. The molecular formula is C104H180O4Ti3-6. The van der Waals surface area contributed by atoms with Crippen LogP contribution in [0, 0.1) is 0 Å². The Morgan fingerprint density at radius 2 is 0.405 bits per heavy atom. The van der Waals surface area contributed by atoms with Crippen molar-refractivity contribution in [1.29, 1.82) is 0 Å². The monoisotopic (exact) mass is 1640 g/mol. The fourth-order valence-electron chi connectivity index (χ4n) is 13.7. The van der Waals surface area contributed by atoms with Gasteiger partial charge in [0.2, 0.25) is 0 Å². The van der Waals surface area contributed by atoms with Gasteiger partial charge in [-0.25, -0.2) is 0 Å². The molecule has 0 unspecified atom stereocenters. The first-order valence-corrected chi connectivity index (χ1v) is 58.8. The van der Waals surface area contributed by atoms with Crippen LogP contribution in [-0.4, -0.2) is 52.9 Å². The summed E-state index contributed by atoms with van der Waals surface area (Å²) in [5.74, 6) is 0. The van der Waals surface area contributed by atoms with Gasteiger partial charge < -0.3 is 0 Å². The third-order valence-corrected chi connectivity index (χ3v) is 43.1. The van der Waals surface area contributed by atoms with Gasteiger partial charge in [0.25, 0.3) is 0 Å². The molecule has 0 heterocycles. The van der Waals surface area contributed by atoms with Crippen LogP contribution < -0.4 is 0 Å². The van der Waals surface area contributed by atoms with E-state index < -0.39 is 49.8 Å². The van der Waals surface area contributed by atoms with E-state index in [0.29, 0.717) is 26.4 Å². The first kappa shape index (κ1) is 112. The Kier molecular flexibility index (Phi) is 91.5. The molecule has 0 saturated carbocycles. The summed E-state index contributed by atoms with van der Waals surface area (Å²) in [6.07, 6.45) is 106. The van der Waals surface area contributed by atoms with Crippen molar-refractivity contribution in [3.8, 4) is 0 Å². The first-order chi connectivity index (χ1) is 54.5. The van der Waals surface area contributed by atoms with Gasteiger partial charge in [-0.1, -0.05) is 0 Å². The summed E-state index contributed by atoms with van der Waals surface area (Å²) in [6.45, 7) is 55.4. The van der Waals surface area contributed by atoms with E-state index in [-0.39, 0.29) is 0 Å². The van der Waals surface area contributed by atoms with Crippen LogP contribution in [0.1, 0.15) is 287 Å². The van der Waals surface area contributed by atoms with Crippen LogP contribution in [0.5, 0.6) is 0 Å². The van der Waals surface area contributed by atoms with Gasteiger partial charge in [-0.05, 0) is 0 Å². The van der Waals surface area contributed by atoms with E-state index in [0.717, 1.165) is 148 Å². The Labute approximate surface area is 703 Å². The minimum absolute atomic E-state index is 0.680. The van der Waals surface area contributed by atoms with Gasteiger partial charge in [-0.3, -0.25) is 0 Å². The van der Waals surface area contributed by atoms with Gasteiger partial charge in [0.1, 0.15) is 0 Å². The molecule has 0 aliphatic heterocycles. The van der Waals surface area contributed by atoms with Crippen LogP contribution in [0.3, 0.4) is 0 Å². The summed E-state index contributed by atoms with van der Waals surface area (Å²) in [4.78, 5) is 0. The number of unbranched alkanes of at least 4 members (excludes halogenated alkanes) is 20. The summed E-state index contributed by atoms with van der Waals surface area (Å²) in [6, 6.07) is 0. The van der Waals surface area contributed by atoms with Gasteiger partial charge in [-0.15, -0.1) is 0 Å². The Balaban J connectivity index is -0.00000161. The molecule has 0 aliphatic carbocycles. The standard InChI is InChI=1S/4C10H17O.4C8H15.4C8H13.3Ti/c4*1-3-5-6-7-8-9-10-11-4-2;4*1-4-6-7-8(3)5-2;4*1-3-5-7-8-6-4-2;;;/h4*3,8-9H,1-2,4-7,10H2;4*7H,3-6H2,1-2H3;4*3-5H,1-2,6-8H2;;;/q;;;;;;;;;;;;3*-2. The summed E-state index contributed by atoms with van der Waals surface area (Å²) in [7, 11) is 0. The predicted octanol–water partition coefficient (Wildman–Crippen LogP) is 35.4. The second-order valence-corrected chi connectivity index (χ2v) is 52.8. The maximum absolute atomic E-state index is 6.13. The van der Waals surface area contributed by atoms with Crippen molar-refractivity contribution in [1.82, 2.24) is 0 Å². The summed E-state index contributed by atoms with van der Waals surface area (Å²) in [5.41, 5.74) is 7.11. The zero-order chi connectivity index (χ0) is 82.0. The Bertz CT molecular complexity index is 2200.